The van der Waals surface area contributed by atoms with Crippen LogP contribution in [-0.2, 0) is 0 Å². The van der Waals surface area contributed by atoms with E-state index in [2.05, 4.69) is 37.4 Å². The number of fused-ring (bicyclic) bond motifs is 1. The highest BCUT2D eigenvalue weighted by molar-refractivity contribution is 14.1. The van der Waals surface area contributed by atoms with E-state index in [1.807, 2.05) is 6.33 Å². The molecule has 0 spiro atoms. The van der Waals surface area contributed by atoms with E-state index in [1.165, 1.54) is 0 Å². The van der Waals surface area contributed by atoms with E-state index in [0.29, 0.717) is 6.04 Å². The van der Waals surface area contributed by atoms with E-state index >= 15 is 0 Å². The van der Waals surface area contributed by atoms with Crippen molar-refractivity contribution in [3.63, 3.8) is 0 Å². The summed E-state index contributed by atoms with van der Waals surface area (Å²) in [5, 5.41) is 8.87. The Balaban J connectivity index is 2.34. The second kappa shape index (κ2) is 2.69. The van der Waals surface area contributed by atoms with Crippen molar-refractivity contribution in [1.29, 1.82) is 0 Å². The molecule has 0 N–H and O–H groups in total. The lowest BCUT2D eigenvalue weighted by molar-refractivity contribution is 0.598. The van der Waals surface area contributed by atoms with Gasteiger partial charge in [0.1, 0.15) is 6.33 Å². The Morgan fingerprint density at radius 3 is 3.60 bits per heavy atom. The maximum Gasteiger partial charge on any atom is 0.191 e. The highest BCUT2D eigenvalue weighted by Gasteiger charge is 2.22. The Hall–Kier alpha value is 0.220. The molecule has 0 aromatic carbocycles. The monoisotopic (exact) mass is 267 g/mol. The van der Waals surface area contributed by atoms with Crippen molar-refractivity contribution in [2.75, 3.05) is 10.2 Å². The third-order valence-electron chi connectivity index (χ3n) is 1.52. The minimum atomic E-state index is 0.621. The predicted octanol–water partition coefficient (Wildman–Crippen LogP) is 1.36. The molecule has 1 aliphatic rings. The van der Waals surface area contributed by atoms with Gasteiger partial charge in [-0.1, -0.05) is 34.4 Å². The molecule has 0 saturated heterocycles. The summed E-state index contributed by atoms with van der Waals surface area (Å²) >= 11 is 4.19. The van der Waals surface area contributed by atoms with Crippen LogP contribution >= 0.6 is 34.4 Å². The van der Waals surface area contributed by atoms with Gasteiger partial charge in [-0.2, -0.15) is 0 Å². The molecule has 0 amide bonds. The van der Waals surface area contributed by atoms with Crippen molar-refractivity contribution in [3.05, 3.63) is 6.33 Å². The van der Waals surface area contributed by atoms with E-state index in [0.717, 1.165) is 15.3 Å². The maximum atomic E-state index is 3.97. The van der Waals surface area contributed by atoms with Gasteiger partial charge in [-0.3, -0.25) is 0 Å². The Morgan fingerprint density at radius 1 is 1.90 bits per heavy atom. The number of hydrogen-bond acceptors (Lipinski definition) is 3. The molecule has 54 valence electrons. The summed E-state index contributed by atoms with van der Waals surface area (Å²) in [5.41, 5.74) is 0. The van der Waals surface area contributed by atoms with Crippen molar-refractivity contribution in [2.45, 2.75) is 11.2 Å². The van der Waals surface area contributed by atoms with Crippen molar-refractivity contribution >= 4 is 34.4 Å². The summed E-state index contributed by atoms with van der Waals surface area (Å²) < 4.78 is 3.30. The summed E-state index contributed by atoms with van der Waals surface area (Å²) in [6.07, 6.45) is 1.82. The zero-order valence-electron chi connectivity index (χ0n) is 5.20. The smallest absolute Gasteiger partial charge is 0.191 e. The molecule has 1 aliphatic heterocycles. The molecule has 0 radical (unpaired) electrons. The lowest BCUT2D eigenvalue weighted by atomic mass is 10.4. The fourth-order valence-electron chi connectivity index (χ4n) is 0.956. The lowest BCUT2D eigenvalue weighted by Gasteiger charge is -2.04. The van der Waals surface area contributed by atoms with Crippen molar-refractivity contribution in [1.82, 2.24) is 14.8 Å². The van der Waals surface area contributed by atoms with Gasteiger partial charge in [0.15, 0.2) is 5.16 Å². The van der Waals surface area contributed by atoms with E-state index in [-0.39, 0.29) is 0 Å². The molecule has 0 aliphatic carbocycles. The van der Waals surface area contributed by atoms with Gasteiger partial charge >= 0.3 is 0 Å². The van der Waals surface area contributed by atoms with Crippen LogP contribution in [0.15, 0.2) is 11.5 Å². The molecule has 2 heterocycles. The van der Waals surface area contributed by atoms with Crippen LogP contribution in [0, 0.1) is 0 Å². The molecule has 0 fully saturated rings. The zero-order valence-corrected chi connectivity index (χ0v) is 8.17. The van der Waals surface area contributed by atoms with E-state index in [9.17, 15) is 0 Å². The summed E-state index contributed by atoms with van der Waals surface area (Å²) in [7, 11) is 0. The average molecular weight is 267 g/mol. The highest BCUT2D eigenvalue weighted by atomic mass is 127. The average Bonchev–Trinajstić information content (AvgIpc) is 2.44. The Labute approximate surface area is 76.7 Å². The van der Waals surface area contributed by atoms with Crippen LogP contribution in [-0.4, -0.2) is 24.9 Å². The second-order valence-electron chi connectivity index (χ2n) is 2.14. The van der Waals surface area contributed by atoms with Crippen molar-refractivity contribution < 1.29 is 0 Å². The molecule has 2 rings (SSSR count). The number of hydrogen-bond donors (Lipinski definition) is 0. The lowest BCUT2D eigenvalue weighted by Crippen LogP contribution is -2.05. The van der Waals surface area contributed by atoms with Gasteiger partial charge in [0.25, 0.3) is 0 Å². The molecular weight excluding hydrogens is 261 g/mol. The van der Waals surface area contributed by atoms with Crippen LogP contribution in [0.4, 0.5) is 0 Å². The fourth-order valence-corrected chi connectivity index (χ4v) is 3.18. The molecule has 1 atom stereocenters. The molecule has 0 bridgehead atoms. The van der Waals surface area contributed by atoms with Gasteiger partial charge in [-0.15, -0.1) is 10.2 Å². The van der Waals surface area contributed by atoms with Crippen LogP contribution in [0.1, 0.15) is 6.04 Å². The van der Waals surface area contributed by atoms with E-state index in [1.54, 1.807) is 11.8 Å². The minimum Gasteiger partial charge on any atom is -0.304 e. The number of aromatic nitrogens is 3. The fraction of sp³-hybridized carbons (Fsp3) is 0.600. The first kappa shape index (κ1) is 6.90. The number of halogens is 1. The summed E-state index contributed by atoms with van der Waals surface area (Å²) in [5.74, 6) is 1.16. The van der Waals surface area contributed by atoms with Gasteiger partial charge in [-0.05, 0) is 0 Å². The van der Waals surface area contributed by atoms with E-state index in [4.69, 9.17) is 0 Å². The van der Waals surface area contributed by atoms with Gasteiger partial charge < -0.3 is 4.57 Å². The van der Waals surface area contributed by atoms with E-state index < -0.39 is 0 Å². The maximum absolute atomic E-state index is 3.97. The number of alkyl halides is 1. The number of thioether (sulfide) groups is 1. The Bertz CT molecular complexity index is 237. The highest BCUT2D eigenvalue weighted by Crippen LogP contribution is 2.31. The molecule has 1 aromatic rings. The summed E-state index contributed by atoms with van der Waals surface area (Å²) in [4.78, 5) is 0. The van der Waals surface area contributed by atoms with Crippen LogP contribution in [0.2, 0.25) is 0 Å². The second-order valence-corrected chi connectivity index (χ2v) is 4.01. The minimum absolute atomic E-state index is 0.621. The zero-order chi connectivity index (χ0) is 6.97. The molecular formula is C5H6IN3S. The van der Waals surface area contributed by atoms with Crippen molar-refractivity contribution in [3.8, 4) is 0 Å². The quantitative estimate of drug-likeness (QED) is 0.568. The normalized spacial score (nSPS) is 23.1. The van der Waals surface area contributed by atoms with Gasteiger partial charge in [0.2, 0.25) is 0 Å². The SMILES string of the molecule is IC[C@H]1CSc2nncn21. The predicted molar refractivity (Wildman–Crippen MR) is 48.7 cm³/mol. The summed E-state index contributed by atoms with van der Waals surface area (Å²) in [6.45, 7) is 0. The number of rotatable bonds is 1. The van der Waals surface area contributed by atoms with Gasteiger partial charge in [0, 0.05) is 10.2 Å². The third-order valence-corrected chi connectivity index (χ3v) is 3.64. The van der Waals surface area contributed by atoms with Crippen molar-refractivity contribution in [2.24, 2.45) is 0 Å². The number of nitrogens with zero attached hydrogens (tertiary/aromatic N) is 3. The molecule has 0 saturated carbocycles. The van der Waals surface area contributed by atoms with Crippen LogP contribution in [0.3, 0.4) is 0 Å². The van der Waals surface area contributed by atoms with Crippen LogP contribution < -0.4 is 0 Å². The molecule has 1 aromatic heterocycles. The first-order valence-electron chi connectivity index (χ1n) is 3.00. The van der Waals surface area contributed by atoms with Gasteiger partial charge in [0.05, 0.1) is 6.04 Å². The third kappa shape index (κ3) is 0.952. The Kier molecular flexibility index (Phi) is 1.86. The van der Waals surface area contributed by atoms with Crippen LogP contribution in [0.25, 0.3) is 0 Å². The molecule has 5 heteroatoms. The van der Waals surface area contributed by atoms with Gasteiger partial charge in [-0.25, -0.2) is 0 Å². The summed E-state index contributed by atoms with van der Waals surface area (Å²) in [6, 6.07) is 0.621. The molecule has 3 nitrogen and oxygen atoms in total. The molecule has 10 heavy (non-hydrogen) atoms. The Morgan fingerprint density at radius 2 is 2.80 bits per heavy atom. The largest absolute Gasteiger partial charge is 0.304 e. The first-order valence-corrected chi connectivity index (χ1v) is 5.51. The molecule has 0 unspecified atom stereocenters. The standard InChI is InChI=1S/C5H6IN3S/c6-1-4-2-10-5-8-7-3-9(4)5/h3-4H,1-2H2/t4-/m0/s1. The first-order chi connectivity index (χ1) is 4.92. The van der Waals surface area contributed by atoms with Crippen LogP contribution in [0.5, 0.6) is 0 Å². The topological polar surface area (TPSA) is 30.7 Å².